The average molecular weight is 440 g/mol. The number of hydrogen-bond acceptors (Lipinski definition) is 5. The average Bonchev–Trinajstić information content (AvgIpc) is 3.29. The minimum absolute atomic E-state index is 0.00695. The van der Waals surface area contributed by atoms with Crippen LogP contribution in [0.4, 0.5) is 4.39 Å². The molecule has 6 nitrogen and oxygen atoms in total. The summed E-state index contributed by atoms with van der Waals surface area (Å²) < 4.78 is 21.3. The summed E-state index contributed by atoms with van der Waals surface area (Å²) in [5.74, 6) is -0.446. The second-order valence-corrected chi connectivity index (χ2v) is 7.56. The molecule has 2 aromatic carbocycles. The summed E-state index contributed by atoms with van der Waals surface area (Å²) in [5, 5.41) is 14.8. The lowest BCUT2D eigenvalue weighted by molar-refractivity contribution is 0.460. The van der Waals surface area contributed by atoms with Crippen LogP contribution in [-0.4, -0.2) is 19.9 Å². The van der Waals surface area contributed by atoms with Crippen molar-refractivity contribution in [2.24, 2.45) is 7.05 Å². The number of rotatable bonds is 5. The Labute approximate surface area is 182 Å². The Hall–Kier alpha value is -3.45. The van der Waals surface area contributed by atoms with Crippen molar-refractivity contribution >= 4 is 11.6 Å². The monoisotopic (exact) mass is 439 g/mol. The van der Waals surface area contributed by atoms with E-state index >= 15 is 0 Å². The number of aryl methyl sites for hydroxylation is 3. The van der Waals surface area contributed by atoms with Crippen LogP contribution in [0.15, 0.2) is 58.1 Å². The number of benzene rings is 2. The molecule has 2 heterocycles. The van der Waals surface area contributed by atoms with Crippen molar-refractivity contribution in [3.8, 4) is 28.3 Å². The van der Waals surface area contributed by atoms with E-state index in [2.05, 4.69) is 10.1 Å². The molecule has 0 amide bonds. The van der Waals surface area contributed by atoms with E-state index in [0.29, 0.717) is 29.3 Å². The maximum atomic E-state index is 14.9. The molecule has 0 radical (unpaired) electrons. The molecule has 0 saturated carbocycles. The lowest BCUT2D eigenvalue weighted by Gasteiger charge is -2.15. The first-order valence-corrected chi connectivity index (χ1v) is 9.97. The number of aromatic nitrogens is 3. The number of hydrogen-bond donors (Lipinski definition) is 1. The Balaban J connectivity index is 1.71. The van der Waals surface area contributed by atoms with Crippen LogP contribution in [0.2, 0.25) is 5.02 Å². The van der Waals surface area contributed by atoms with Crippen molar-refractivity contribution in [2.75, 3.05) is 0 Å². The highest BCUT2D eigenvalue weighted by atomic mass is 35.5. The van der Waals surface area contributed by atoms with Crippen LogP contribution in [0.25, 0.3) is 22.6 Å². The highest BCUT2D eigenvalue weighted by Gasteiger charge is 2.23. The van der Waals surface area contributed by atoms with Gasteiger partial charge in [0.05, 0.1) is 11.8 Å². The minimum Gasteiger partial charge on any atom is -0.505 e. The largest absolute Gasteiger partial charge is 0.505 e. The van der Waals surface area contributed by atoms with Gasteiger partial charge < -0.3 is 9.52 Å². The van der Waals surface area contributed by atoms with Crippen LogP contribution < -0.4 is 5.56 Å². The van der Waals surface area contributed by atoms with Crippen LogP contribution in [-0.2, 0) is 19.9 Å². The highest BCUT2D eigenvalue weighted by Crippen LogP contribution is 2.36. The third kappa shape index (κ3) is 3.96. The maximum absolute atomic E-state index is 14.9. The summed E-state index contributed by atoms with van der Waals surface area (Å²) in [4.78, 5) is 16.8. The molecule has 0 atom stereocenters. The van der Waals surface area contributed by atoms with Crippen LogP contribution in [0.5, 0.6) is 5.75 Å². The molecular formula is C23H19ClFN3O3. The zero-order valence-corrected chi connectivity index (χ0v) is 17.7. The predicted octanol–water partition coefficient (Wildman–Crippen LogP) is 4.69. The molecule has 0 saturated heterocycles. The van der Waals surface area contributed by atoms with E-state index < -0.39 is 11.4 Å². The first-order chi connectivity index (χ1) is 14.9. The van der Waals surface area contributed by atoms with Gasteiger partial charge in [0.2, 0.25) is 5.89 Å². The van der Waals surface area contributed by atoms with Gasteiger partial charge in [0, 0.05) is 23.2 Å². The minimum atomic E-state index is -0.628. The summed E-state index contributed by atoms with van der Waals surface area (Å²) >= 11 is 6.40. The molecule has 8 heteroatoms. The van der Waals surface area contributed by atoms with Crippen LogP contribution in [0.3, 0.4) is 0 Å². The first-order valence-electron chi connectivity index (χ1n) is 9.59. The van der Waals surface area contributed by atoms with Crippen molar-refractivity contribution < 1.29 is 13.9 Å². The van der Waals surface area contributed by atoms with Gasteiger partial charge in [0.15, 0.2) is 5.75 Å². The second kappa shape index (κ2) is 8.35. The Kier molecular flexibility index (Phi) is 5.61. The van der Waals surface area contributed by atoms with E-state index in [1.54, 1.807) is 13.1 Å². The second-order valence-electron chi connectivity index (χ2n) is 7.15. The van der Waals surface area contributed by atoms with Crippen LogP contribution in [0, 0.1) is 12.7 Å². The van der Waals surface area contributed by atoms with Crippen molar-refractivity contribution in [3.63, 3.8) is 0 Å². The molecule has 0 unspecified atom stereocenters. The molecule has 0 spiro atoms. The lowest BCUT2D eigenvalue weighted by Crippen LogP contribution is -2.23. The van der Waals surface area contributed by atoms with Gasteiger partial charge in [-0.3, -0.25) is 4.79 Å². The molecule has 0 aliphatic carbocycles. The van der Waals surface area contributed by atoms with Gasteiger partial charge in [0.25, 0.3) is 5.56 Å². The number of oxazole rings is 1. The van der Waals surface area contributed by atoms with E-state index in [-0.39, 0.29) is 22.6 Å². The molecule has 4 rings (SSSR count). The van der Waals surface area contributed by atoms with Gasteiger partial charge in [-0.25, -0.2) is 14.1 Å². The zero-order chi connectivity index (χ0) is 22.1. The molecule has 0 aliphatic rings. The van der Waals surface area contributed by atoms with E-state index in [4.69, 9.17) is 16.0 Å². The molecule has 2 aromatic heterocycles. The standard InChI is InChI=1S/C23H19ClFN3O3/c1-13-21(29)20(23(30)28(2)27-13)19-16(17(24)9-10-18(19)25)8-5-14-3-6-15(7-4-14)22-26-11-12-31-22/h3-4,6-7,9-12,29H,5,8H2,1-2H3. The zero-order valence-electron chi connectivity index (χ0n) is 16.9. The summed E-state index contributed by atoms with van der Waals surface area (Å²) in [6, 6.07) is 10.3. The number of aromatic hydroxyl groups is 1. The maximum Gasteiger partial charge on any atom is 0.278 e. The quantitative estimate of drug-likeness (QED) is 0.487. The van der Waals surface area contributed by atoms with Crippen LogP contribution in [0.1, 0.15) is 16.8 Å². The van der Waals surface area contributed by atoms with Crippen molar-refractivity contribution in [3.05, 3.63) is 86.9 Å². The SMILES string of the molecule is Cc1nn(C)c(=O)c(-c2c(F)ccc(Cl)c2CCc2ccc(-c3ncco3)cc2)c1O. The fourth-order valence-corrected chi connectivity index (χ4v) is 3.80. The van der Waals surface area contributed by atoms with E-state index in [0.717, 1.165) is 15.8 Å². The summed E-state index contributed by atoms with van der Waals surface area (Å²) in [6.45, 7) is 1.55. The molecule has 158 valence electrons. The molecule has 0 fully saturated rings. The Morgan fingerprint density at radius 2 is 1.87 bits per heavy atom. The topological polar surface area (TPSA) is 81.2 Å². The summed E-state index contributed by atoms with van der Waals surface area (Å²) in [6.07, 6.45) is 4.01. The normalized spacial score (nSPS) is 11.1. The van der Waals surface area contributed by atoms with Crippen molar-refractivity contribution in [1.29, 1.82) is 0 Å². The Bertz CT molecular complexity index is 1300. The Morgan fingerprint density at radius 3 is 2.55 bits per heavy atom. The van der Waals surface area contributed by atoms with Gasteiger partial charge in [-0.1, -0.05) is 23.7 Å². The van der Waals surface area contributed by atoms with E-state index in [9.17, 15) is 14.3 Å². The van der Waals surface area contributed by atoms with Crippen molar-refractivity contribution in [2.45, 2.75) is 19.8 Å². The first kappa shape index (κ1) is 20.8. The smallest absolute Gasteiger partial charge is 0.278 e. The van der Waals surface area contributed by atoms with Crippen LogP contribution >= 0.6 is 11.6 Å². The van der Waals surface area contributed by atoms with Crippen molar-refractivity contribution in [1.82, 2.24) is 14.8 Å². The summed E-state index contributed by atoms with van der Waals surface area (Å²) in [5.41, 5.74) is 1.79. The summed E-state index contributed by atoms with van der Waals surface area (Å²) in [7, 11) is 1.45. The molecule has 0 aliphatic heterocycles. The number of halogens is 2. The molecule has 1 N–H and O–H groups in total. The third-order valence-corrected chi connectivity index (χ3v) is 5.49. The van der Waals surface area contributed by atoms with Gasteiger partial charge >= 0.3 is 0 Å². The lowest BCUT2D eigenvalue weighted by atomic mass is 9.94. The predicted molar refractivity (Wildman–Crippen MR) is 116 cm³/mol. The van der Waals surface area contributed by atoms with Gasteiger partial charge in [0.1, 0.15) is 17.8 Å². The third-order valence-electron chi connectivity index (χ3n) is 5.14. The Morgan fingerprint density at radius 1 is 1.13 bits per heavy atom. The molecule has 0 bridgehead atoms. The highest BCUT2D eigenvalue weighted by molar-refractivity contribution is 6.31. The molecular weight excluding hydrogens is 421 g/mol. The van der Waals surface area contributed by atoms with E-state index in [1.807, 2.05) is 24.3 Å². The number of nitrogens with zero attached hydrogens (tertiary/aromatic N) is 3. The molecule has 4 aromatic rings. The van der Waals surface area contributed by atoms with Gasteiger partial charge in [-0.15, -0.1) is 0 Å². The van der Waals surface area contributed by atoms with Gasteiger partial charge in [-0.2, -0.15) is 5.10 Å². The van der Waals surface area contributed by atoms with E-state index in [1.165, 1.54) is 25.4 Å². The molecule has 31 heavy (non-hydrogen) atoms. The fourth-order valence-electron chi connectivity index (χ4n) is 3.54. The van der Waals surface area contributed by atoms with Gasteiger partial charge in [-0.05, 0) is 55.2 Å². The fraction of sp³-hybridized carbons (Fsp3) is 0.174.